The molecule has 0 atom stereocenters. The second kappa shape index (κ2) is 9.26. The number of thioether (sulfide) groups is 1. The molecule has 0 aliphatic heterocycles. The van der Waals surface area contributed by atoms with Crippen LogP contribution < -0.4 is 10.2 Å². The number of hydrogen-bond acceptors (Lipinski definition) is 6. The highest BCUT2D eigenvalue weighted by Crippen LogP contribution is 2.29. The topological polar surface area (TPSA) is 87.0 Å². The van der Waals surface area contributed by atoms with Crippen LogP contribution in [0.1, 0.15) is 20.8 Å². The molecule has 1 amide bonds. The highest BCUT2D eigenvalue weighted by atomic mass is 32.2. The number of carbonyl (C=O) groups is 1. The predicted octanol–water partition coefficient (Wildman–Crippen LogP) is 5.18. The van der Waals surface area contributed by atoms with E-state index in [2.05, 4.69) is 46.2 Å². The Bertz CT molecular complexity index is 1170. The van der Waals surface area contributed by atoms with Crippen LogP contribution >= 0.6 is 11.8 Å². The molecule has 2 aromatic carbocycles. The Hall–Kier alpha value is -3.26. The molecule has 0 aliphatic carbocycles. The molecule has 8 heteroatoms. The van der Waals surface area contributed by atoms with Gasteiger partial charge in [-0.2, -0.15) is 0 Å². The van der Waals surface area contributed by atoms with Crippen molar-refractivity contribution < 1.29 is 9.21 Å². The minimum Gasteiger partial charge on any atom is -0.411 e. The lowest BCUT2D eigenvalue weighted by atomic mass is 10.2. The van der Waals surface area contributed by atoms with Crippen molar-refractivity contribution in [2.75, 3.05) is 22.5 Å². The van der Waals surface area contributed by atoms with Crippen LogP contribution in [0.4, 0.5) is 11.4 Å². The van der Waals surface area contributed by atoms with Gasteiger partial charge in [0.1, 0.15) is 0 Å². The zero-order valence-electron chi connectivity index (χ0n) is 17.8. The van der Waals surface area contributed by atoms with Crippen LogP contribution in [0.5, 0.6) is 0 Å². The molecule has 0 bridgehead atoms. The number of rotatable bonds is 8. The third-order valence-corrected chi connectivity index (χ3v) is 5.82. The second-order valence-corrected chi connectivity index (χ2v) is 8.31. The molecular formula is C23H25N5O2S. The molecule has 2 heterocycles. The van der Waals surface area contributed by atoms with Gasteiger partial charge in [-0.3, -0.25) is 4.79 Å². The number of para-hydroxylation sites is 1. The molecule has 0 aliphatic rings. The van der Waals surface area contributed by atoms with E-state index in [1.165, 1.54) is 11.8 Å². The van der Waals surface area contributed by atoms with E-state index in [1.54, 1.807) is 0 Å². The summed E-state index contributed by atoms with van der Waals surface area (Å²) in [6, 6.07) is 16.2. The molecule has 2 N–H and O–H groups in total. The number of H-pyrrole nitrogens is 1. The Morgan fingerprint density at radius 2 is 1.94 bits per heavy atom. The van der Waals surface area contributed by atoms with Gasteiger partial charge in [-0.15, -0.1) is 10.2 Å². The molecule has 0 saturated carbocycles. The van der Waals surface area contributed by atoms with Crippen molar-refractivity contribution in [1.82, 2.24) is 15.2 Å². The van der Waals surface area contributed by atoms with Gasteiger partial charge in [0, 0.05) is 41.1 Å². The van der Waals surface area contributed by atoms with Crippen LogP contribution in [-0.2, 0) is 4.79 Å². The van der Waals surface area contributed by atoms with Crippen LogP contribution in [0.15, 0.2) is 64.4 Å². The summed E-state index contributed by atoms with van der Waals surface area (Å²) in [5, 5.41) is 12.5. The number of nitrogens with zero attached hydrogens (tertiary/aromatic N) is 3. The zero-order valence-corrected chi connectivity index (χ0v) is 18.6. The van der Waals surface area contributed by atoms with E-state index in [0.717, 1.165) is 34.4 Å². The van der Waals surface area contributed by atoms with Crippen molar-refractivity contribution in [2.24, 2.45) is 0 Å². The predicted molar refractivity (Wildman–Crippen MR) is 126 cm³/mol. The van der Waals surface area contributed by atoms with Crippen molar-refractivity contribution in [3.8, 4) is 11.5 Å². The maximum absolute atomic E-state index is 12.3. The molecule has 4 aromatic rings. The third-order valence-electron chi connectivity index (χ3n) is 5.00. The number of nitrogens with one attached hydrogen (secondary N) is 2. The average Bonchev–Trinajstić information content (AvgIpc) is 3.40. The summed E-state index contributed by atoms with van der Waals surface area (Å²) in [5.74, 6) is 0.493. The average molecular weight is 436 g/mol. The fourth-order valence-electron chi connectivity index (χ4n) is 3.53. The number of amides is 1. The first-order chi connectivity index (χ1) is 15.0. The third kappa shape index (κ3) is 4.74. The molecule has 0 unspecified atom stereocenters. The molecule has 2 aromatic heterocycles. The Balaban J connectivity index is 1.34. The monoisotopic (exact) mass is 435 g/mol. The Morgan fingerprint density at radius 1 is 1.16 bits per heavy atom. The van der Waals surface area contributed by atoms with Gasteiger partial charge < -0.3 is 19.6 Å². The second-order valence-electron chi connectivity index (χ2n) is 7.38. The van der Waals surface area contributed by atoms with E-state index in [0.29, 0.717) is 17.2 Å². The van der Waals surface area contributed by atoms with Gasteiger partial charge in [-0.05, 0) is 51.1 Å². The van der Waals surface area contributed by atoms with Gasteiger partial charge in [0.05, 0.1) is 11.3 Å². The van der Waals surface area contributed by atoms with E-state index >= 15 is 0 Å². The standard InChI is InChI=1S/C23H25N5O2S/c1-4-28(15(2)3)17-11-9-16(10-12-17)25-21(29)14-31-23-27-26-22(30-23)19-13-24-20-8-6-5-7-18(19)20/h5-13,15,24H,4,14H2,1-3H3,(H,25,29). The van der Waals surface area contributed by atoms with Gasteiger partial charge in [0.2, 0.25) is 5.91 Å². The van der Waals surface area contributed by atoms with Crippen LogP contribution in [0, 0.1) is 0 Å². The molecule has 4 rings (SSSR count). The van der Waals surface area contributed by atoms with E-state index in [-0.39, 0.29) is 11.7 Å². The lowest BCUT2D eigenvalue weighted by Gasteiger charge is -2.27. The first kappa shape index (κ1) is 21.0. The number of aromatic nitrogens is 3. The number of anilines is 2. The summed E-state index contributed by atoms with van der Waals surface area (Å²) < 4.78 is 5.75. The van der Waals surface area contributed by atoms with E-state index in [9.17, 15) is 4.79 Å². The normalized spacial score (nSPS) is 11.2. The van der Waals surface area contributed by atoms with Gasteiger partial charge in [0.25, 0.3) is 11.1 Å². The first-order valence-electron chi connectivity index (χ1n) is 10.2. The van der Waals surface area contributed by atoms with E-state index in [1.807, 2.05) is 54.7 Å². The largest absolute Gasteiger partial charge is 0.411 e. The minimum atomic E-state index is -0.124. The summed E-state index contributed by atoms with van der Waals surface area (Å²) in [4.78, 5) is 17.8. The van der Waals surface area contributed by atoms with Crippen molar-refractivity contribution in [3.05, 3.63) is 54.7 Å². The van der Waals surface area contributed by atoms with Crippen LogP contribution in [0.3, 0.4) is 0 Å². The highest BCUT2D eigenvalue weighted by molar-refractivity contribution is 7.99. The molecule has 0 radical (unpaired) electrons. The van der Waals surface area contributed by atoms with Crippen molar-refractivity contribution in [3.63, 3.8) is 0 Å². The molecule has 7 nitrogen and oxygen atoms in total. The molecule has 0 saturated heterocycles. The molecule has 0 spiro atoms. The van der Waals surface area contributed by atoms with Gasteiger partial charge in [-0.25, -0.2) is 0 Å². The summed E-state index contributed by atoms with van der Waals surface area (Å²) >= 11 is 1.22. The Labute approximate surface area is 185 Å². The van der Waals surface area contributed by atoms with Crippen molar-refractivity contribution >= 4 is 39.9 Å². The minimum absolute atomic E-state index is 0.124. The summed E-state index contributed by atoms with van der Waals surface area (Å²) in [7, 11) is 0. The molecule has 31 heavy (non-hydrogen) atoms. The number of carbonyl (C=O) groups excluding carboxylic acids is 1. The van der Waals surface area contributed by atoms with Crippen LogP contribution in [0.2, 0.25) is 0 Å². The Kier molecular flexibility index (Phi) is 6.27. The van der Waals surface area contributed by atoms with E-state index in [4.69, 9.17) is 4.42 Å². The van der Waals surface area contributed by atoms with Crippen LogP contribution in [0.25, 0.3) is 22.4 Å². The lowest BCUT2D eigenvalue weighted by molar-refractivity contribution is -0.113. The van der Waals surface area contributed by atoms with Gasteiger partial charge in [0.15, 0.2) is 0 Å². The first-order valence-corrected chi connectivity index (χ1v) is 11.2. The summed E-state index contributed by atoms with van der Waals surface area (Å²) in [5.41, 5.74) is 3.76. The van der Waals surface area contributed by atoms with E-state index < -0.39 is 0 Å². The van der Waals surface area contributed by atoms with Crippen molar-refractivity contribution in [1.29, 1.82) is 0 Å². The maximum atomic E-state index is 12.3. The Morgan fingerprint density at radius 3 is 2.68 bits per heavy atom. The maximum Gasteiger partial charge on any atom is 0.277 e. The number of fused-ring (bicyclic) bond motifs is 1. The summed E-state index contributed by atoms with van der Waals surface area (Å²) in [6.45, 7) is 7.40. The van der Waals surface area contributed by atoms with Gasteiger partial charge >= 0.3 is 0 Å². The molecule has 0 fully saturated rings. The fourth-order valence-corrected chi connectivity index (χ4v) is 4.10. The van der Waals surface area contributed by atoms with Crippen LogP contribution in [-0.4, -0.2) is 39.4 Å². The number of hydrogen-bond donors (Lipinski definition) is 2. The fraction of sp³-hybridized carbons (Fsp3) is 0.261. The highest BCUT2D eigenvalue weighted by Gasteiger charge is 2.15. The molecular weight excluding hydrogens is 410 g/mol. The number of benzene rings is 2. The SMILES string of the molecule is CCN(c1ccc(NC(=O)CSc2nnc(-c3c[nH]c4ccccc34)o2)cc1)C(C)C. The molecule has 160 valence electrons. The van der Waals surface area contributed by atoms with Crippen molar-refractivity contribution in [2.45, 2.75) is 32.0 Å². The smallest absolute Gasteiger partial charge is 0.277 e. The lowest BCUT2D eigenvalue weighted by Crippen LogP contribution is -2.30. The number of aromatic amines is 1. The quantitative estimate of drug-likeness (QED) is 0.371. The zero-order chi connectivity index (χ0) is 21.8. The summed E-state index contributed by atoms with van der Waals surface area (Å²) in [6.07, 6.45) is 1.85. The van der Waals surface area contributed by atoms with Gasteiger partial charge in [-0.1, -0.05) is 30.0 Å².